The average molecular weight is 793 g/mol. The number of rotatable bonds is 0. The Labute approximate surface area is 348 Å². The van der Waals surface area contributed by atoms with Crippen LogP contribution in [0, 0.1) is 41.4 Å². The van der Waals surface area contributed by atoms with E-state index in [-0.39, 0.29) is 18.1 Å². The van der Waals surface area contributed by atoms with Crippen molar-refractivity contribution in [3.8, 4) is 0 Å². The third-order valence-electron chi connectivity index (χ3n) is 16.5. The standard InChI is InChI=1S/C12H24N2.C12H25NS.C11H23N3.C10H20N2.CH4/c1-8-9(2)11(4)14(7)12(5)13(6)10(8)3;1-8-9(2)11(4)13(6)14(7)12(5)10(8)3;1-8-9(2)12(5)11(4)14(7)13(6)10(8)3;1-7-8(2)11(5)10(4)12(6)9(7)3;/h8-11H,5H2,1-4,6-7H3;8-12H,7H2,1-6H3;8-10H,4H2,1-3,5-7H3;7-9H,4H2,1-3,5-6H3;1H4. The van der Waals surface area contributed by atoms with Crippen LogP contribution in [-0.2, 0) is 0 Å². The van der Waals surface area contributed by atoms with Crippen LogP contribution < -0.4 is 0 Å². The predicted octanol–water partition coefficient (Wildman–Crippen LogP) is 9.60. The molecule has 8 nitrogen and oxygen atoms in total. The van der Waals surface area contributed by atoms with E-state index >= 15 is 0 Å². The lowest BCUT2D eigenvalue weighted by Gasteiger charge is -2.48. The third kappa shape index (κ3) is 11.6. The summed E-state index contributed by atoms with van der Waals surface area (Å²) in [6.07, 6.45) is 0. The summed E-state index contributed by atoms with van der Waals surface area (Å²) in [6.45, 7) is 47.1. The Hall–Kier alpha value is -1.84. The molecule has 0 N–H and O–H groups in total. The van der Waals surface area contributed by atoms with Crippen LogP contribution in [0.2, 0.25) is 0 Å². The molecular formula is C46H96N8S. The van der Waals surface area contributed by atoms with E-state index in [1.807, 2.05) is 0 Å². The first kappa shape index (κ1) is 53.2. The molecule has 4 aliphatic rings. The highest BCUT2D eigenvalue weighted by atomic mass is 32.2. The summed E-state index contributed by atoms with van der Waals surface area (Å²) in [7, 11) is 17.3. The van der Waals surface area contributed by atoms with Gasteiger partial charge in [-0.3, -0.25) is 9.31 Å². The van der Waals surface area contributed by atoms with Crippen molar-refractivity contribution in [3.63, 3.8) is 0 Å². The van der Waals surface area contributed by atoms with E-state index in [0.29, 0.717) is 66.0 Å². The first-order valence-corrected chi connectivity index (χ1v) is 22.4. The monoisotopic (exact) mass is 793 g/mol. The summed E-state index contributed by atoms with van der Waals surface area (Å²) in [6, 6.07) is 4.09. The number of hydrazine groups is 1. The van der Waals surface area contributed by atoms with Gasteiger partial charge in [-0.05, 0) is 96.9 Å². The molecule has 9 heteroatoms. The van der Waals surface area contributed by atoms with Gasteiger partial charge in [-0.1, -0.05) is 88.4 Å². The summed E-state index contributed by atoms with van der Waals surface area (Å²) in [5.74, 6) is 12.8. The minimum atomic E-state index is 0. The van der Waals surface area contributed by atoms with Gasteiger partial charge in [0.05, 0.1) is 11.6 Å². The third-order valence-corrected chi connectivity index (χ3v) is 18.8. The van der Waals surface area contributed by atoms with Crippen LogP contribution in [0.1, 0.15) is 111 Å². The van der Waals surface area contributed by atoms with E-state index in [2.05, 4.69) is 225 Å². The fourth-order valence-electron chi connectivity index (χ4n) is 8.55. The second-order valence-corrected chi connectivity index (χ2v) is 20.4. The maximum atomic E-state index is 4.34. The maximum absolute atomic E-state index is 4.34. The number of nitrogens with zero attached hydrogens (tertiary/aromatic N) is 8. The highest BCUT2D eigenvalue weighted by molar-refractivity contribution is 8.12. The van der Waals surface area contributed by atoms with Gasteiger partial charge in [0.15, 0.2) is 0 Å². The molecule has 55 heavy (non-hydrogen) atoms. The largest absolute Gasteiger partial charge is 0.359 e. The summed E-state index contributed by atoms with van der Waals surface area (Å²) in [5.41, 5.74) is 0. The molecule has 0 radical (unpaired) electrons. The van der Waals surface area contributed by atoms with Crippen molar-refractivity contribution in [2.24, 2.45) is 41.4 Å². The normalized spacial score (nSPS) is 40.7. The Morgan fingerprint density at radius 1 is 0.364 bits per heavy atom. The fraction of sp³-hybridized carbons (Fsp3) is 0.848. The van der Waals surface area contributed by atoms with E-state index in [1.165, 1.54) is 0 Å². The van der Waals surface area contributed by atoms with Gasteiger partial charge < -0.3 is 24.5 Å². The van der Waals surface area contributed by atoms with Crippen LogP contribution in [0.15, 0.2) is 37.2 Å². The van der Waals surface area contributed by atoms with E-state index < -0.39 is 0 Å². The fourth-order valence-corrected chi connectivity index (χ4v) is 10.4. The summed E-state index contributed by atoms with van der Waals surface area (Å²) in [5, 5.41) is 5.11. The van der Waals surface area contributed by atoms with Crippen LogP contribution in [0.4, 0.5) is 0 Å². The smallest absolute Gasteiger partial charge is 0.111 e. The average Bonchev–Trinajstić information content (AvgIpc) is 3.27. The zero-order valence-electron chi connectivity index (χ0n) is 40.0. The zero-order chi connectivity index (χ0) is 42.6. The molecule has 4 aliphatic heterocycles. The Morgan fingerprint density at radius 2 is 0.636 bits per heavy atom. The summed E-state index contributed by atoms with van der Waals surface area (Å²) < 4.78 is 2.48. The Kier molecular flexibility index (Phi) is 21.1. The molecule has 0 aromatic rings. The van der Waals surface area contributed by atoms with Gasteiger partial charge in [-0.15, -0.1) is 10.7 Å². The molecule has 15 unspecified atom stereocenters. The van der Waals surface area contributed by atoms with Crippen LogP contribution in [0.5, 0.6) is 0 Å². The maximum Gasteiger partial charge on any atom is 0.111 e. The summed E-state index contributed by atoms with van der Waals surface area (Å²) >= 11 is 0. The van der Waals surface area contributed by atoms with Crippen molar-refractivity contribution in [1.29, 1.82) is 0 Å². The second kappa shape index (κ2) is 21.8. The molecule has 4 saturated heterocycles. The molecule has 4 fully saturated rings. The van der Waals surface area contributed by atoms with Crippen molar-refractivity contribution in [2.45, 2.75) is 159 Å². The van der Waals surface area contributed by atoms with E-state index in [0.717, 1.165) is 40.5 Å². The Balaban J connectivity index is 0.000000704. The molecule has 0 bridgehead atoms. The van der Waals surface area contributed by atoms with Crippen LogP contribution in [0.25, 0.3) is 0 Å². The van der Waals surface area contributed by atoms with E-state index in [1.54, 1.807) is 0 Å². The number of hydrogen-bond donors (Lipinski definition) is 0. The molecule has 0 aromatic carbocycles. The van der Waals surface area contributed by atoms with E-state index in [4.69, 9.17) is 0 Å². The van der Waals surface area contributed by atoms with Crippen molar-refractivity contribution in [2.75, 3.05) is 56.4 Å². The highest BCUT2D eigenvalue weighted by Crippen LogP contribution is 2.42. The van der Waals surface area contributed by atoms with Crippen molar-refractivity contribution in [3.05, 3.63) is 37.2 Å². The van der Waals surface area contributed by atoms with Crippen molar-refractivity contribution in [1.82, 2.24) is 38.8 Å². The molecular weight excluding hydrogens is 697 g/mol. The Morgan fingerprint density at radius 3 is 0.982 bits per heavy atom. The Bertz CT molecular complexity index is 1040. The lowest BCUT2D eigenvalue weighted by atomic mass is 9.80. The van der Waals surface area contributed by atoms with Gasteiger partial charge in [0.1, 0.15) is 5.82 Å². The van der Waals surface area contributed by atoms with Crippen molar-refractivity contribution >= 4 is 16.5 Å². The minimum absolute atomic E-state index is 0. The first-order valence-electron chi connectivity index (χ1n) is 21.0. The molecule has 326 valence electrons. The molecule has 0 spiro atoms. The molecule has 4 rings (SSSR count). The second-order valence-electron chi connectivity index (χ2n) is 18.3. The van der Waals surface area contributed by atoms with Gasteiger partial charge in [0.25, 0.3) is 0 Å². The zero-order valence-corrected chi connectivity index (χ0v) is 40.8. The SMILES string of the molecule is C.C=C1N(C)C(C)C(C)C(C)C(C)N1C.C=C1N(C)C(C)C(C)C(C)N(C)N1C.C=C1N(C)C(C)C(C)C(C)N1C.C=S1C(C)C(C)C(C)C(C)C(C)N1C. The molecule has 0 saturated carbocycles. The lowest BCUT2D eigenvalue weighted by Crippen LogP contribution is -2.53. The molecule has 15 atom stereocenters. The molecule has 4 heterocycles. The van der Waals surface area contributed by atoms with Crippen molar-refractivity contribution < 1.29 is 0 Å². The van der Waals surface area contributed by atoms with Gasteiger partial charge in [0.2, 0.25) is 0 Å². The van der Waals surface area contributed by atoms with Crippen LogP contribution in [-0.4, -0.2) is 149 Å². The minimum Gasteiger partial charge on any atom is -0.359 e. The van der Waals surface area contributed by atoms with Gasteiger partial charge >= 0.3 is 0 Å². The van der Waals surface area contributed by atoms with Crippen LogP contribution in [0.3, 0.4) is 0 Å². The number of hydrogen-bond acceptors (Lipinski definition) is 8. The first-order chi connectivity index (χ1) is 24.6. The lowest BCUT2D eigenvalue weighted by molar-refractivity contribution is 0.0104. The van der Waals surface area contributed by atoms with Gasteiger partial charge in [-0.25, -0.2) is 5.01 Å². The molecule has 0 aromatic heterocycles. The van der Waals surface area contributed by atoms with Gasteiger partial charge in [0, 0.05) is 96.9 Å². The summed E-state index contributed by atoms with van der Waals surface area (Å²) in [4.78, 5) is 11.4. The molecule has 0 aliphatic carbocycles. The van der Waals surface area contributed by atoms with Crippen LogP contribution >= 0.6 is 10.7 Å². The topological polar surface area (TPSA) is 25.9 Å². The van der Waals surface area contributed by atoms with E-state index in [9.17, 15) is 0 Å². The highest BCUT2D eigenvalue weighted by Gasteiger charge is 2.37. The van der Waals surface area contributed by atoms with Gasteiger partial charge in [-0.2, -0.15) is 0 Å². The predicted molar refractivity (Wildman–Crippen MR) is 251 cm³/mol. The molecule has 0 amide bonds. The quantitative estimate of drug-likeness (QED) is 0.224.